The monoisotopic (exact) mass is 579 g/mol. The van der Waals surface area contributed by atoms with Gasteiger partial charge in [-0.1, -0.05) is 61.0 Å². The second-order valence-corrected chi connectivity index (χ2v) is 14.0. The van der Waals surface area contributed by atoms with E-state index in [1.54, 1.807) is 19.1 Å². The molecule has 198 valence electrons. The van der Waals surface area contributed by atoms with Crippen LogP contribution in [0.3, 0.4) is 0 Å². The first kappa shape index (κ1) is 29.8. The number of amides is 2. The van der Waals surface area contributed by atoms with Crippen LogP contribution >= 0.6 is 15.9 Å². The van der Waals surface area contributed by atoms with Crippen LogP contribution in [0.5, 0.6) is 0 Å². The van der Waals surface area contributed by atoms with Gasteiger partial charge in [-0.2, -0.15) is 0 Å². The number of hydrogen-bond acceptors (Lipinski definition) is 4. The highest BCUT2D eigenvalue weighted by atomic mass is 79.9. The first-order valence-corrected chi connectivity index (χ1v) is 14.5. The van der Waals surface area contributed by atoms with Crippen molar-refractivity contribution >= 4 is 43.5 Å². The number of carbonyl (C=O) groups is 2. The summed E-state index contributed by atoms with van der Waals surface area (Å²) in [5, 5.41) is 2.91. The first-order chi connectivity index (χ1) is 16.4. The van der Waals surface area contributed by atoms with E-state index in [9.17, 15) is 18.0 Å². The van der Waals surface area contributed by atoms with Gasteiger partial charge in [-0.15, -0.1) is 0 Å². The molecule has 0 bridgehead atoms. The van der Waals surface area contributed by atoms with Crippen LogP contribution in [0.2, 0.25) is 0 Å². The predicted molar refractivity (Wildman–Crippen MR) is 149 cm³/mol. The molecule has 1 atom stereocenters. The second-order valence-electron chi connectivity index (χ2n) is 11.1. The second kappa shape index (κ2) is 11.3. The number of anilines is 1. The van der Waals surface area contributed by atoms with Gasteiger partial charge in [0.2, 0.25) is 21.8 Å². The lowest BCUT2D eigenvalue weighted by Gasteiger charge is -2.33. The Kier molecular flexibility index (Phi) is 9.40. The summed E-state index contributed by atoms with van der Waals surface area (Å²) in [4.78, 5) is 28.0. The fourth-order valence-electron chi connectivity index (χ4n) is 3.63. The zero-order valence-corrected chi connectivity index (χ0v) is 24.8. The quantitative estimate of drug-likeness (QED) is 0.484. The Morgan fingerprint density at radius 1 is 1.00 bits per heavy atom. The van der Waals surface area contributed by atoms with Gasteiger partial charge in [0.25, 0.3) is 0 Å². The maximum Gasteiger partial charge on any atom is 0.244 e. The number of rotatable bonds is 8. The lowest BCUT2D eigenvalue weighted by molar-refractivity contribution is -0.140. The van der Waals surface area contributed by atoms with Crippen molar-refractivity contribution in [3.63, 3.8) is 0 Å². The van der Waals surface area contributed by atoms with E-state index in [0.717, 1.165) is 26.2 Å². The topological polar surface area (TPSA) is 86.8 Å². The lowest BCUT2D eigenvalue weighted by Crippen LogP contribution is -2.54. The molecule has 2 amide bonds. The standard InChI is InChI=1S/C27H38BrN3O4S/c1-19(25(33)29-27(5,6)7)30(17-20-10-9-11-22(28)16-20)24(32)18-31(36(8,34)35)23-14-12-21(13-15-23)26(2,3)4/h9-16,19H,17-18H2,1-8H3,(H,29,33). The summed E-state index contributed by atoms with van der Waals surface area (Å²) in [7, 11) is -3.77. The van der Waals surface area contributed by atoms with E-state index in [1.807, 2.05) is 57.2 Å². The molecule has 1 N–H and O–H groups in total. The van der Waals surface area contributed by atoms with Gasteiger partial charge in [0.15, 0.2) is 0 Å². The molecule has 9 heteroatoms. The summed E-state index contributed by atoms with van der Waals surface area (Å²) in [5.41, 5.74) is 1.68. The molecule has 36 heavy (non-hydrogen) atoms. The van der Waals surface area contributed by atoms with Crippen LogP contribution in [0.1, 0.15) is 59.6 Å². The van der Waals surface area contributed by atoms with Gasteiger partial charge in [0.1, 0.15) is 12.6 Å². The number of nitrogens with one attached hydrogen (secondary N) is 1. The molecule has 2 aromatic rings. The lowest BCUT2D eigenvalue weighted by atomic mass is 9.87. The molecule has 2 aromatic carbocycles. The van der Waals surface area contributed by atoms with E-state index in [0.29, 0.717) is 5.69 Å². The van der Waals surface area contributed by atoms with Gasteiger partial charge in [-0.3, -0.25) is 13.9 Å². The van der Waals surface area contributed by atoms with Crippen molar-refractivity contribution in [2.45, 2.75) is 72.0 Å². The Morgan fingerprint density at radius 2 is 1.58 bits per heavy atom. The highest BCUT2D eigenvalue weighted by molar-refractivity contribution is 9.10. The highest BCUT2D eigenvalue weighted by Crippen LogP contribution is 2.26. The summed E-state index contributed by atoms with van der Waals surface area (Å²) in [5.74, 6) is -0.789. The van der Waals surface area contributed by atoms with Gasteiger partial charge >= 0.3 is 0 Å². The van der Waals surface area contributed by atoms with Gasteiger partial charge in [0, 0.05) is 16.6 Å². The Labute approximate surface area is 224 Å². The van der Waals surface area contributed by atoms with Crippen LogP contribution < -0.4 is 9.62 Å². The number of sulfonamides is 1. The summed E-state index contributed by atoms with van der Waals surface area (Å²) >= 11 is 3.44. The molecular weight excluding hydrogens is 542 g/mol. The molecule has 0 radical (unpaired) electrons. The highest BCUT2D eigenvalue weighted by Gasteiger charge is 2.31. The van der Waals surface area contributed by atoms with E-state index < -0.39 is 34.1 Å². The largest absolute Gasteiger partial charge is 0.350 e. The minimum atomic E-state index is -3.77. The van der Waals surface area contributed by atoms with E-state index in [1.165, 1.54) is 4.90 Å². The van der Waals surface area contributed by atoms with E-state index in [2.05, 4.69) is 42.0 Å². The first-order valence-electron chi connectivity index (χ1n) is 11.8. The van der Waals surface area contributed by atoms with E-state index in [4.69, 9.17) is 0 Å². The predicted octanol–water partition coefficient (Wildman–Crippen LogP) is 4.84. The molecule has 0 fully saturated rings. The number of nitrogens with zero attached hydrogens (tertiary/aromatic N) is 2. The molecule has 0 spiro atoms. The molecular formula is C27H38BrN3O4S. The normalized spacial score (nSPS) is 13.1. The SMILES string of the molecule is CC(C(=O)NC(C)(C)C)N(Cc1cccc(Br)c1)C(=O)CN(c1ccc(C(C)(C)C)cc1)S(C)(=O)=O. The Bertz CT molecular complexity index is 1180. The van der Waals surface area contributed by atoms with Crippen LogP contribution in [0.4, 0.5) is 5.69 Å². The third-order valence-electron chi connectivity index (χ3n) is 5.61. The van der Waals surface area contributed by atoms with Gasteiger partial charge in [-0.05, 0) is 68.5 Å². The summed E-state index contributed by atoms with van der Waals surface area (Å²) in [6, 6.07) is 13.8. The molecule has 7 nitrogen and oxygen atoms in total. The molecule has 0 saturated heterocycles. The average Bonchev–Trinajstić information content (AvgIpc) is 2.72. The molecule has 0 aliphatic carbocycles. The molecule has 0 saturated carbocycles. The van der Waals surface area contributed by atoms with Crippen molar-refractivity contribution in [2.75, 3.05) is 17.1 Å². The van der Waals surface area contributed by atoms with Crippen LogP contribution in [-0.4, -0.2) is 49.5 Å². The Morgan fingerprint density at radius 3 is 2.06 bits per heavy atom. The zero-order chi connectivity index (χ0) is 27.5. The van der Waals surface area contributed by atoms with Gasteiger partial charge in [-0.25, -0.2) is 8.42 Å². The maximum atomic E-state index is 13.6. The molecule has 0 aliphatic rings. The Hall–Kier alpha value is -2.39. The number of benzene rings is 2. The van der Waals surface area contributed by atoms with E-state index >= 15 is 0 Å². The van der Waals surface area contributed by atoms with Crippen molar-refractivity contribution in [3.05, 3.63) is 64.1 Å². The number of halogens is 1. The average molecular weight is 581 g/mol. The Balaban J connectivity index is 2.42. The fraction of sp³-hybridized carbons (Fsp3) is 0.481. The minimum absolute atomic E-state index is 0.0964. The molecule has 1 unspecified atom stereocenters. The van der Waals surface area contributed by atoms with Gasteiger partial charge < -0.3 is 10.2 Å². The molecule has 2 rings (SSSR count). The van der Waals surface area contributed by atoms with Crippen LogP contribution in [0.25, 0.3) is 0 Å². The zero-order valence-electron chi connectivity index (χ0n) is 22.4. The van der Waals surface area contributed by atoms with Crippen LogP contribution in [0, 0.1) is 0 Å². The van der Waals surface area contributed by atoms with Crippen molar-refractivity contribution in [1.82, 2.24) is 10.2 Å². The van der Waals surface area contributed by atoms with E-state index in [-0.39, 0.29) is 17.9 Å². The summed E-state index contributed by atoms with van der Waals surface area (Å²) in [6.07, 6.45) is 1.08. The third kappa shape index (κ3) is 8.62. The fourth-order valence-corrected chi connectivity index (χ4v) is 4.93. The molecule has 0 heterocycles. The van der Waals surface area contributed by atoms with Crippen molar-refractivity contribution < 1.29 is 18.0 Å². The number of carbonyl (C=O) groups excluding carboxylic acids is 2. The maximum absolute atomic E-state index is 13.6. The third-order valence-corrected chi connectivity index (χ3v) is 7.24. The number of hydrogen-bond donors (Lipinski definition) is 1. The minimum Gasteiger partial charge on any atom is -0.350 e. The van der Waals surface area contributed by atoms with Crippen LogP contribution in [0.15, 0.2) is 53.0 Å². The summed E-state index contributed by atoms with van der Waals surface area (Å²) in [6.45, 7) is 13.2. The summed E-state index contributed by atoms with van der Waals surface area (Å²) < 4.78 is 27.4. The van der Waals surface area contributed by atoms with Crippen molar-refractivity contribution in [2.24, 2.45) is 0 Å². The van der Waals surface area contributed by atoms with Crippen molar-refractivity contribution in [3.8, 4) is 0 Å². The molecule has 0 aromatic heterocycles. The molecule has 0 aliphatic heterocycles. The smallest absolute Gasteiger partial charge is 0.244 e. The van der Waals surface area contributed by atoms with Crippen LogP contribution in [-0.2, 0) is 31.6 Å². The van der Waals surface area contributed by atoms with Gasteiger partial charge in [0.05, 0.1) is 11.9 Å². The van der Waals surface area contributed by atoms with Crippen molar-refractivity contribution in [1.29, 1.82) is 0 Å².